The summed E-state index contributed by atoms with van der Waals surface area (Å²) in [5, 5.41) is 12.1. The normalized spacial score (nSPS) is 12.1. The number of aliphatic hydroxyl groups is 1. The van der Waals surface area contributed by atoms with Crippen LogP contribution in [-0.2, 0) is 4.79 Å². The van der Waals surface area contributed by atoms with E-state index in [2.05, 4.69) is 5.32 Å². The number of nitrogens with one attached hydrogen (secondary N) is 1. The molecule has 1 atom stereocenters. The summed E-state index contributed by atoms with van der Waals surface area (Å²) in [4.78, 5) is 9.93. The van der Waals surface area contributed by atoms with Crippen molar-refractivity contribution in [1.82, 2.24) is 5.32 Å². The second kappa shape index (κ2) is 5.32. The van der Waals surface area contributed by atoms with Crippen molar-refractivity contribution in [3.63, 3.8) is 0 Å². The van der Waals surface area contributed by atoms with Crippen LogP contribution in [0.25, 0.3) is 0 Å². The highest BCUT2D eigenvalue weighted by Gasteiger charge is 2.04. The fourth-order valence-electron chi connectivity index (χ4n) is 1.12. The topological polar surface area (TPSA) is 49.3 Å². The van der Waals surface area contributed by atoms with Crippen LogP contribution in [0.4, 0.5) is 0 Å². The second-order valence-electron chi connectivity index (χ2n) is 2.79. The highest BCUT2D eigenvalue weighted by atomic mass is 16.3. The molecule has 1 rings (SSSR count). The van der Waals surface area contributed by atoms with Crippen molar-refractivity contribution in [2.24, 2.45) is 0 Å². The van der Waals surface area contributed by atoms with Gasteiger partial charge in [0, 0.05) is 6.54 Å². The minimum absolute atomic E-state index is 0.492. The molecule has 0 spiro atoms. The molecule has 2 N–H and O–H groups in total. The van der Waals surface area contributed by atoms with Gasteiger partial charge in [0.05, 0.1) is 6.10 Å². The molecule has 0 fully saturated rings. The van der Waals surface area contributed by atoms with Gasteiger partial charge in [0.1, 0.15) is 0 Å². The summed E-state index contributed by atoms with van der Waals surface area (Å²) in [6.07, 6.45) is 0.689. The second-order valence-corrected chi connectivity index (χ2v) is 2.79. The van der Waals surface area contributed by atoms with Gasteiger partial charge in [0.25, 0.3) is 0 Å². The number of carbonyl (C=O) groups excluding carboxylic acids is 1. The van der Waals surface area contributed by atoms with E-state index in [-0.39, 0.29) is 0 Å². The summed E-state index contributed by atoms with van der Waals surface area (Å²) in [5.74, 6) is 0. The van der Waals surface area contributed by atoms with Crippen LogP contribution >= 0.6 is 0 Å². The Morgan fingerprint density at radius 2 is 2.08 bits per heavy atom. The molecule has 0 aliphatic carbocycles. The van der Waals surface area contributed by atoms with Gasteiger partial charge < -0.3 is 10.4 Å². The quantitative estimate of drug-likeness (QED) is 0.520. The van der Waals surface area contributed by atoms with Crippen LogP contribution in [0.2, 0.25) is 0 Å². The minimum atomic E-state index is -0.492. The number of aliphatic hydroxyl groups excluding tert-OH is 1. The van der Waals surface area contributed by atoms with E-state index in [9.17, 15) is 9.90 Å². The zero-order chi connectivity index (χ0) is 9.52. The number of rotatable bonds is 5. The van der Waals surface area contributed by atoms with E-state index in [1.54, 1.807) is 0 Å². The van der Waals surface area contributed by atoms with Crippen LogP contribution in [0.15, 0.2) is 30.3 Å². The predicted molar refractivity (Wildman–Crippen MR) is 50.1 cm³/mol. The van der Waals surface area contributed by atoms with Crippen LogP contribution in [0, 0.1) is 0 Å². The summed E-state index contributed by atoms with van der Waals surface area (Å²) in [5.41, 5.74) is 0.884. The molecule has 0 saturated carbocycles. The zero-order valence-corrected chi connectivity index (χ0v) is 7.31. The van der Waals surface area contributed by atoms with Gasteiger partial charge in [0.15, 0.2) is 0 Å². The fraction of sp³-hybridized carbons (Fsp3) is 0.300. The first-order chi connectivity index (χ1) is 6.34. The molecule has 1 unspecified atom stereocenters. The van der Waals surface area contributed by atoms with Crippen molar-refractivity contribution in [3.8, 4) is 0 Å². The molecular weight excluding hydrogens is 166 g/mol. The third kappa shape index (κ3) is 3.25. The van der Waals surface area contributed by atoms with Gasteiger partial charge in [-0.25, -0.2) is 0 Å². The lowest BCUT2D eigenvalue weighted by molar-refractivity contribution is -0.109. The Labute approximate surface area is 77.4 Å². The summed E-state index contributed by atoms with van der Waals surface area (Å²) < 4.78 is 0. The van der Waals surface area contributed by atoms with E-state index in [1.807, 2.05) is 30.3 Å². The molecule has 0 radical (unpaired) electrons. The third-order valence-electron chi connectivity index (χ3n) is 1.83. The summed E-state index contributed by atoms with van der Waals surface area (Å²) in [7, 11) is 0. The fourth-order valence-corrected chi connectivity index (χ4v) is 1.12. The Bertz CT molecular complexity index is 248. The lowest BCUT2D eigenvalue weighted by Crippen LogP contribution is -2.15. The SMILES string of the molecule is O=CNCCC(O)c1ccccc1. The first-order valence-electron chi connectivity index (χ1n) is 4.24. The number of hydrogen-bond donors (Lipinski definition) is 2. The Kier molecular flexibility index (Phi) is 3.99. The molecule has 70 valence electrons. The van der Waals surface area contributed by atoms with Gasteiger partial charge in [-0.05, 0) is 12.0 Å². The zero-order valence-electron chi connectivity index (χ0n) is 7.31. The molecule has 1 aromatic carbocycles. The molecule has 1 aromatic rings. The minimum Gasteiger partial charge on any atom is -0.388 e. The standard InChI is InChI=1S/C10H13NO2/c12-8-11-7-6-10(13)9-4-2-1-3-5-9/h1-5,8,10,13H,6-7H2,(H,11,12). The lowest BCUT2D eigenvalue weighted by atomic mass is 10.1. The molecule has 0 aliphatic heterocycles. The molecule has 0 bridgehead atoms. The molecule has 13 heavy (non-hydrogen) atoms. The number of carbonyl (C=O) groups is 1. The largest absolute Gasteiger partial charge is 0.388 e. The molecule has 3 nitrogen and oxygen atoms in total. The van der Waals surface area contributed by atoms with Crippen LogP contribution in [0.1, 0.15) is 18.1 Å². The number of hydrogen-bond acceptors (Lipinski definition) is 2. The van der Waals surface area contributed by atoms with E-state index < -0.39 is 6.10 Å². The van der Waals surface area contributed by atoms with Crippen molar-refractivity contribution < 1.29 is 9.90 Å². The molecule has 1 amide bonds. The Balaban J connectivity index is 2.39. The van der Waals surface area contributed by atoms with Gasteiger partial charge in [-0.3, -0.25) is 4.79 Å². The van der Waals surface area contributed by atoms with E-state index in [0.29, 0.717) is 19.4 Å². The van der Waals surface area contributed by atoms with E-state index in [1.165, 1.54) is 0 Å². The summed E-state index contributed by atoms with van der Waals surface area (Å²) >= 11 is 0. The maximum atomic E-state index is 9.93. The van der Waals surface area contributed by atoms with Gasteiger partial charge in [-0.2, -0.15) is 0 Å². The summed E-state index contributed by atoms with van der Waals surface area (Å²) in [6, 6.07) is 9.40. The van der Waals surface area contributed by atoms with Crippen molar-refractivity contribution in [2.75, 3.05) is 6.54 Å². The number of benzene rings is 1. The highest BCUT2D eigenvalue weighted by Crippen LogP contribution is 2.14. The monoisotopic (exact) mass is 179 g/mol. The average molecular weight is 179 g/mol. The average Bonchev–Trinajstić information content (AvgIpc) is 2.19. The van der Waals surface area contributed by atoms with Gasteiger partial charge in [0.2, 0.25) is 6.41 Å². The molecule has 0 aliphatic rings. The van der Waals surface area contributed by atoms with Gasteiger partial charge in [-0.1, -0.05) is 30.3 Å². The molecule has 0 aromatic heterocycles. The van der Waals surface area contributed by atoms with Crippen molar-refractivity contribution >= 4 is 6.41 Å². The molecular formula is C10H13NO2. The van der Waals surface area contributed by atoms with E-state index in [0.717, 1.165) is 5.56 Å². The molecule has 0 saturated heterocycles. The van der Waals surface area contributed by atoms with E-state index >= 15 is 0 Å². The Hall–Kier alpha value is -1.35. The van der Waals surface area contributed by atoms with Crippen molar-refractivity contribution in [3.05, 3.63) is 35.9 Å². The lowest BCUT2D eigenvalue weighted by Gasteiger charge is -2.09. The van der Waals surface area contributed by atoms with Crippen LogP contribution in [0.5, 0.6) is 0 Å². The smallest absolute Gasteiger partial charge is 0.207 e. The highest BCUT2D eigenvalue weighted by molar-refractivity contribution is 5.45. The Morgan fingerprint density at radius 1 is 1.38 bits per heavy atom. The predicted octanol–water partition coefficient (Wildman–Crippen LogP) is 0.856. The molecule has 3 heteroatoms. The first-order valence-corrected chi connectivity index (χ1v) is 4.24. The number of amides is 1. The van der Waals surface area contributed by atoms with Gasteiger partial charge >= 0.3 is 0 Å². The summed E-state index contributed by atoms with van der Waals surface area (Å²) in [6.45, 7) is 0.500. The third-order valence-corrected chi connectivity index (χ3v) is 1.83. The van der Waals surface area contributed by atoms with Crippen LogP contribution < -0.4 is 5.32 Å². The van der Waals surface area contributed by atoms with Crippen LogP contribution in [0.3, 0.4) is 0 Å². The van der Waals surface area contributed by atoms with Gasteiger partial charge in [-0.15, -0.1) is 0 Å². The van der Waals surface area contributed by atoms with Crippen molar-refractivity contribution in [2.45, 2.75) is 12.5 Å². The molecule has 0 heterocycles. The first kappa shape index (κ1) is 9.74. The maximum Gasteiger partial charge on any atom is 0.207 e. The van der Waals surface area contributed by atoms with Crippen molar-refractivity contribution in [1.29, 1.82) is 0 Å². The Morgan fingerprint density at radius 3 is 2.69 bits per heavy atom. The van der Waals surface area contributed by atoms with Crippen LogP contribution in [-0.4, -0.2) is 18.1 Å². The maximum absolute atomic E-state index is 9.93. The van der Waals surface area contributed by atoms with E-state index in [4.69, 9.17) is 0 Å².